The Bertz CT molecular complexity index is 2090. The van der Waals surface area contributed by atoms with Crippen molar-refractivity contribution in [2.75, 3.05) is 7.11 Å². The number of nitrogens with one attached hydrogen (secondary N) is 1. The van der Waals surface area contributed by atoms with E-state index in [9.17, 15) is 14.0 Å². The second-order valence-corrected chi connectivity index (χ2v) is 10.1. The molecule has 230 valence electrons. The maximum Gasteiger partial charge on any atom is 0.255 e. The van der Waals surface area contributed by atoms with Gasteiger partial charge in [0.2, 0.25) is 5.88 Å². The molecule has 0 radical (unpaired) electrons. The smallest absolute Gasteiger partial charge is 0.255 e. The number of benzene rings is 4. The third-order valence-corrected chi connectivity index (χ3v) is 7.06. The molecule has 0 spiro atoms. The number of methoxy groups -OCH3 is 1. The van der Waals surface area contributed by atoms with E-state index in [0.717, 1.165) is 16.2 Å². The van der Waals surface area contributed by atoms with Crippen molar-refractivity contribution in [2.24, 2.45) is 0 Å². The van der Waals surface area contributed by atoms with E-state index in [1.54, 1.807) is 24.3 Å². The molecule has 11 heteroatoms. The van der Waals surface area contributed by atoms with Crippen molar-refractivity contribution in [1.82, 2.24) is 19.9 Å². The maximum atomic E-state index is 15.4. The zero-order valence-corrected chi connectivity index (χ0v) is 24.4. The van der Waals surface area contributed by atoms with Crippen LogP contribution in [0.25, 0.3) is 16.6 Å². The predicted octanol–water partition coefficient (Wildman–Crippen LogP) is 6.37. The van der Waals surface area contributed by atoms with Gasteiger partial charge in [-0.1, -0.05) is 42.5 Å². The topological polar surface area (TPSA) is 105 Å². The lowest BCUT2D eigenvalue weighted by atomic mass is 10.2. The maximum absolute atomic E-state index is 15.4. The lowest BCUT2D eigenvalue weighted by Gasteiger charge is -2.14. The first kappa shape index (κ1) is 29.9. The summed E-state index contributed by atoms with van der Waals surface area (Å²) < 4.78 is 47.1. The molecule has 0 aliphatic rings. The standard InChI is InChI=1S/C35H26F2N4O5/c1-44-31-16-27-29(17-32(31)45-20-23-5-3-2-4-6-23)39-21-40-35(27)46-30-13-12-26(15-28(30)37)41-19-24(9-14-33(41)42)34(43)38-18-22-7-10-25(36)11-8-22/h2-17,19,21H,18,20H2,1H3,(H,38,43). The number of amides is 1. The Labute approximate surface area is 261 Å². The van der Waals surface area contributed by atoms with Crippen LogP contribution in [-0.2, 0) is 13.2 Å². The number of carbonyl (C=O) groups is 1. The van der Waals surface area contributed by atoms with Gasteiger partial charge in [0.1, 0.15) is 18.8 Å². The Morgan fingerprint density at radius 3 is 2.41 bits per heavy atom. The second kappa shape index (κ2) is 13.3. The molecule has 0 saturated heterocycles. The van der Waals surface area contributed by atoms with Crippen molar-refractivity contribution in [3.63, 3.8) is 0 Å². The number of pyridine rings is 1. The van der Waals surface area contributed by atoms with Gasteiger partial charge < -0.3 is 19.5 Å². The zero-order valence-electron chi connectivity index (χ0n) is 24.4. The molecule has 1 N–H and O–H groups in total. The first-order chi connectivity index (χ1) is 22.4. The van der Waals surface area contributed by atoms with Crippen molar-refractivity contribution in [1.29, 1.82) is 0 Å². The van der Waals surface area contributed by atoms with Crippen LogP contribution in [0.2, 0.25) is 0 Å². The van der Waals surface area contributed by atoms with Crippen LogP contribution < -0.4 is 25.1 Å². The molecule has 2 aromatic heterocycles. The molecule has 46 heavy (non-hydrogen) atoms. The van der Waals surface area contributed by atoms with Gasteiger partial charge in [-0.2, -0.15) is 0 Å². The summed E-state index contributed by atoms with van der Waals surface area (Å²) in [6.45, 7) is 0.478. The molecule has 2 heterocycles. The van der Waals surface area contributed by atoms with Crippen molar-refractivity contribution < 1.29 is 27.8 Å². The summed E-state index contributed by atoms with van der Waals surface area (Å²) in [7, 11) is 1.51. The fourth-order valence-electron chi connectivity index (χ4n) is 4.67. The SMILES string of the molecule is COc1cc2c(Oc3ccc(-n4cc(C(=O)NCc5ccc(F)cc5)ccc4=O)cc3F)ncnc2cc1OCc1ccccc1. The third-order valence-electron chi connectivity index (χ3n) is 7.06. The Hall–Kier alpha value is -6.10. The van der Waals surface area contributed by atoms with E-state index in [4.69, 9.17) is 14.2 Å². The molecule has 0 atom stereocenters. The molecule has 0 bridgehead atoms. The Morgan fingerprint density at radius 1 is 0.848 bits per heavy atom. The number of carbonyl (C=O) groups excluding carboxylic acids is 1. The molecule has 0 unspecified atom stereocenters. The Balaban J connectivity index is 1.21. The molecular weight excluding hydrogens is 594 g/mol. The van der Waals surface area contributed by atoms with Crippen LogP contribution in [0.3, 0.4) is 0 Å². The van der Waals surface area contributed by atoms with E-state index in [-0.39, 0.29) is 35.2 Å². The highest BCUT2D eigenvalue weighted by Crippen LogP contribution is 2.37. The minimum Gasteiger partial charge on any atom is -0.493 e. The third kappa shape index (κ3) is 6.68. The van der Waals surface area contributed by atoms with E-state index in [0.29, 0.717) is 34.6 Å². The van der Waals surface area contributed by atoms with Gasteiger partial charge in [0.15, 0.2) is 23.1 Å². The van der Waals surface area contributed by atoms with Gasteiger partial charge in [-0.05, 0) is 47.5 Å². The van der Waals surface area contributed by atoms with Crippen LogP contribution in [0.5, 0.6) is 23.1 Å². The van der Waals surface area contributed by atoms with Crippen LogP contribution >= 0.6 is 0 Å². The van der Waals surface area contributed by atoms with Gasteiger partial charge in [-0.3, -0.25) is 14.2 Å². The molecule has 6 aromatic rings. The lowest BCUT2D eigenvalue weighted by molar-refractivity contribution is 0.0950. The van der Waals surface area contributed by atoms with Crippen molar-refractivity contribution in [3.8, 4) is 28.8 Å². The summed E-state index contributed by atoms with van der Waals surface area (Å²) in [4.78, 5) is 33.9. The molecule has 0 saturated carbocycles. The van der Waals surface area contributed by atoms with Gasteiger partial charge >= 0.3 is 0 Å². The largest absolute Gasteiger partial charge is 0.493 e. The average molecular weight is 621 g/mol. The molecule has 4 aromatic carbocycles. The van der Waals surface area contributed by atoms with Crippen molar-refractivity contribution in [3.05, 3.63) is 148 Å². The second-order valence-electron chi connectivity index (χ2n) is 10.1. The number of hydrogen-bond donors (Lipinski definition) is 1. The average Bonchev–Trinajstić information content (AvgIpc) is 3.08. The summed E-state index contributed by atoms with van der Waals surface area (Å²) in [6.07, 6.45) is 2.61. The first-order valence-corrected chi connectivity index (χ1v) is 14.1. The molecular formula is C35H26F2N4O5. The van der Waals surface area contributed by atoms with Gasteiger partial charge in [0.05, 0.1) is 29.3 Å². The fourth-order valence-corrected chi connectivity index (χ4v) is 4.67. The summed E-state index contributed by atoms with van der Waals surface area (Å²) in [5.74, 6) is -0.781. The molecule has 9 nitrogen and oxygen atoms in total. The van der Waals surface area contributed by atoms with Crippen molar-refractivity contribution in [2.45, 2.75) is 13.2 Å². The number of rotatable bonds is 10. The summed E-state index contributed by atoms with van der Waals surface area (Å²) >= 11 is 0. The number of hydrogen-bond acceptors (Lipinski definition) is 7. The van der Waals surface area contributed by atoms with E-state index < -0.39 is 17.3 Å². The van der Waals surface area contributed by atoms with Crippen LogP contribution in [0.1, 0.15) is 21.5 Å². The van der Waals surface area contributed by atoms with Crippen LogP contribution in [-0.4, -0.2) is 27.6 Å². The first-order valence-electron chi connectivity index (χ1n) is 14.1. The fraction of sp³-hybridized carbons (Fsp3) is 0.0857. The van der Waals surface area contributed by atoms with Gasteiger partial charge in [-0.15, -0.1) is 0 Å². The van der Waals surface area contributed by atoms with Gasteiger partial charge in [0, 0.05) is 30.9 Å². The monoisotopic (exact) mass is 620 g/mol. The highest BCUT2D eigenvalue weighted by molar-refractivity contribution is 5.94. The lowest BCUT2D eigenvalue weighted by Crippen LogP contribution is -2.25. The normalized spacial score (nSPS) is 10.8. The van der Waals surface area contributed by atoms with E-state index in [2.05, 4.69) is 15.3 Å². The Kier molecular flexibility index (Phi) is 8.64. The van der Waals surface area contributed by atoms with E-state index in [1.165, 1.54) is 56.0 Å². The van der Waals surface area contributed by atoms with Crippen LogP contribution in [0, 0.1) is 11.6 Å². The number of halogens is 2. The number of ether oxygens (including phenoxy) is 3. The highest BCUT2D eigenvalue weighted by Gasteiger charge is 2.16. The number of nitrogens with zero attached hydrogens (tertiary/aromatic N) is 3. The molecule has 1 amide bonds. The minimum absolute atomic E-state index is 0.0848. The van der Waals surface area contributed by atoms with E-state index >= 15 is 4.39 Å². The van der Waals surface area contributed by atoms with Crippen molar-refractivity contribution >= 4 is 16.8 Å². The highest BCUT2D eigenvalue weighted by atomic mass is 19.1. The summed E-state index contributed by atoms with van der Waals surface area (Å²) in [6, 6.07) is 25.3. The molecule has 0 aliphatic heterocycles. The zero-order chi connectivity index (χ0) is 32.0. The number of aromatic nitrogens is 3. The molecule has 0 fully saturated rings. The quantitative estimate of drug-likeness (QED) is 0.190. The van der Waals surface area contributed by atoms with Gasteiger partial charge in [-0.25, -0.2) is 18.7 Å². The van der Waals surface area contributed by atoms with Crippen LogP contribution in [0.4, 0.5) is 8.78 Å². The molecule has 0 aliphatic carbocycles. The number of fused-ring (bicyclic) bond motifs is 1. The predicted molar refractivity (Wildman–Crippen MR) is 167 cm³/mol. The Morgan fingerprint density at radius 2 is 1.65 bits per heavy atom. The summed E-state index contributed by atoms with van der Waals surface area (Å²) in [5, 5.41) is 3.18. The summed E-state index contributed by atoms with van der Waals surface area (Å²) in [5.41, 5.74) is 2.06. The van der Waals surface area contributed by atoms with Crippen LogP contribution in [0.15, 0.2) is 114 Å². The van der Waals surface area contributed by atoms with E-state index in [1.807, 2.05) is 30.3 Å². The molecule has 6 rings (SSSR count). The minimum atomic E-state index is -0.767. The van der Waals surface area contributed by atoms with Gasteiger partial charge in [0.25, 0.3) is 11.5 Å².